The lowest BCUT2D eigenvalue weighted by Crippen LogP contribution is -2.11. The van der Waals surface area contributed by atoms with E-state index in [1.807, 2.05) is 6.92 Å². The molecule has 0 saturated carbocycles. The molecule has 2 nitrogen and oxygen atoms in total. The first-order chi connectivity index (χ1) is 6.91. The third-order valence-corrected chi connectivity index (χ3v) is 2.21. The smallest absolute Gasteiger partial charge is 0.165 e. The molecule has 0 fully saturated rings. The number of hydrogen-bond acceptors (Lipinski definition) is 2. The number of nitrogens with two attached hydrogens (primary N) is 1. The number of phenols is 1. The van der Waals surface area contributed by atoms with Crippen molar-refractivity contribution in [3.63, 3.8) is 0 Å². The summed E-state index contributed by atoms with van der Waals surface area (Å²) in [6, 6.07) is 2.58. The van der Waals surface area contributed by atoms with Crippen molar-refractivity contribution in [2.75, 3.05) is 0 Å². The Balaban J connectivity index is 0.00000225. The largest absolute Gasteiger partial charge is 0.505 e. The first kappa shape index (κ1) is 14.9. The second-order valence-corrected chi connectivity index (χ2v) is 3.95. The van der Waals surface area contributed by atoms with E-state index < -0.39 is 11.9 Å². The van der Waals surface area contributed by atoms with Gasteiger partial charge in [-0.25, -0.2) is 4.39 Å². The van der Waals surface area contributed by atoms with Gasteiger partial charge < -0.3 is 10.8 Å². The molecule has 0 aliphatic rings. The number of benzene rings is 1. The van der Waals surface area contributed by atoms with Gasteiger partial charge in [-0.05, 0) is 31.9 Å². The van der Waals surface area contributed by atoms with Crippen molar-refractivity contribution in [1.29, 1.82) is 0 Å². The van der Waals surface area contributed by atoms with Crippen molar-refractivity contribution in [2.45, 2.75) is 26.3 Å². The summed E-state index contributed by atoms with van der Waals surface area (Å²) in [7, 11) is 0. The molecule has 0 saturated heterocycles. The molecule has 0 heterocycles. The number of halogens is 2. The first-order valence-electron chi connectivity index (χ1n) is 4.80. The van der Waals surface area contributed by atoms with Gasteiger partial charge in [0.1, 0.15) is 0 Å². The highest BCUT2D eigenvalue weighted by molar-refractivity contribution is 5.85. The van der Waals surface area contributed by atoms with Gasteiger partial charge >= 0.3 is 0 Å². The highest BCUT2D eigenvalue weighted by Gasteiger charge is 2.14. The number of hydrogen-bond donors (Lipinski definition) is 2. The minimum absolute atomic E-state index is 0. The molecule has 0 spiro atoms. The highest BCUT2D eigenvalue weighted by Crippen LogP contribution is 2.29. The first-order valence-corrected chi connectivity index (χ1v) is 4.80. The Bertz CT molecular complexity index is 393. The number of phenolic OH excluding ortho intramolecular Hbond substituents is 1. The zero-order valence-corrected chi connectivity index (χ0v) is 10.3. The van der Waals surface area contributed by atoms with Crippen LogP contribution < -0.4 is 5.73 Å². The zero-order chi connectivity index (χ0) is 11.6. The van der Waals surface area contributed by atoms with Crippen LogP contribution in [0.5, 0.6) is 5.75 Å². The van der Waals surface area contributed by atoms with Crippen molar-refractivity contribution < 1.29 is 9.50 Å². The summed E-state index contributed by atoms with van der Waals surface area (Å²) in [4.78, 5) is 0. The van der Waals surface area contributed by atoms with Gasteiger partial charge in [-0.3, -0.25) is 0 Å². The van der Waals surface area contributed by atoms with Crippen LogP contribution in [0.3, 0.4) is 0 Å². The predicted molar refractivity (Wildman–Crippen MR) is 66.4 cm³/mol. The normalized spacial score (nSPS) is 11.8. The zero-order valence-electron chi connectivity index (χ0n) is 9.46. The van der Waals surface area contributed by atoms with Crippen molar-refractivity contribution in [2.24, 2.45) is 5.73 Å². The molecule has 1 atom stereocenters. The van der Waals surface area contributed by atoms with Crippen LogP contribution in [0.25, 0.3) is 0 Å². The van der Waals surface area contributed by atoms with E-state index in [0.29, 0.717) is 12.0 Å². The van der Waals surface area contributed by atoms with Crippen LogP contribution in [0.4, 0.5) is 4.39 Å². The molecule has 1 aromatic rings. The predicted octanol–water partition coefficient (Wildman–Crippen LogP) is 3.23. The van der Waals surface area contributed by atoms with Crippen molar-refractivity contribution in [3.8, 4) is 5.75 Å². The fourth-order valence-corrected chi connectivity index (χ4v) is 1.53. The van der Waals surface area contributed by atoms with Gasteiger partial charge in [0.2, 0.25) is 0 Å². The van der Waals surface area contributed by atoms with Crippen LogP contribution >= 0.6 is 12.4 Å². The molecule has 1 aromatic carbocycles. The summed E-state index contributed by atoms with van der Waals surface area (Å²) >= 11 is 0. The van der Waals surface area contributed by atoms with Crippen LogP contribution in [0.1, 0.15) is 30.5 Å². The molecular weight excluding hydrogens is 229 g/mol. The molecule has 3 N–H and O–H groups in total. The topological polar surface area (TPSA) is 46.2 Å². The summed E-state index contributed by atoms with van der Waals surface area (Å²) in [5.41, 5.74) is 7.94. The summed E-state index contributed by atoms with van der Waals surface area (Å²) in [5, 5.41) is 9.52. The van der Waals surface area contributed by atoms with E-state index in [0.717, 1.165) is 11.1 Å². The Labute approximate surface area is 101 Å². The standard InChI is InChI=1S/C12H16FNO.ClH/c1-7(2)4-11(14)9-5-8(3)6-10(13)12(9)15;/h5-6,11,15H,1,4,14H2,2-3H3;1H/t11-;/m0./s1. The molecule has 0 aromatic heterocycles. The lowest BCUT2D eigenvalue weighted by atomic mass is 9.98. The van der Waals surface area contributed by atoms with E-state index in [4.69, 9.17) is 5.73 Å². The molecule has 0 unspecified atom stereocenters. The highest BCUT2D eigenvalue weighted by atomic mass is 35.5. The monoisotopic (exact) mass is 245 g/mol. The maximum atomic E-state index is 13.2. The maximum Gasteiger partial charge on any atom is 0.165 e. The van der Waals surface area contributed by atoms with Gasteiger partial charge in [0.15, 0.2) is 11.6 Å². The molecule has 1 rings (SSSR count). The molecule has 90 valence electrons. The molecule has 4 heteroatoms. The lowest BCUT2D eigenvalue weighted by Gasteiger charge is -2.14. The summed E-state index contributed by atoms with van der Waals surface area (Å²) in [6.07, 6.45) is 0.538. The minimum Gasteiger partial charge on any atom is -0.505 e. The van der Waals surface area contributed by atoms with E-state index in [1.54, 1.807) is 13.0 Å². The van der Waals surface area contributed by atoms with Crippen LogP contribution in [-0.2, 0) is 0 Å². The average molecular weight is 246 g/mol. The molecule has 0 aliphatic heterocycles. The summed E-state index contributed by atoms with van der Waals surface area (Å²) < 4.78 is 13.2. The van der Waals surface area contributed by atoms with Crippen LogP contribution in [-0.4, -0.2) is 5.11 Å². The van der Waals surface area contributed by atoms with Crippen LogP contribution in [0.15, 0.2) is 24.3 Å². The fourth-order valence-electron chi connectivity index (χ4n) is 1.53. The van der Waals surface area contributed by atoms with Gasteiger partial charge in [0.25, 0.3) is 0 Å². The molecule has 16 heavy (non-hydrogen) atoms. The van der Waals surface area contributed by atoms with E-state index >= 15 is 0 Å². The van der Waals surface area contributed by atoms with E-state index in [1.165, 1.54) is 6.07 Å². The van der Waals surface area contributed by atoms with Gasteiger partial charge in [0, 0.05) is 11.6 Å². The minimum atomic E-state index is -0.623. The van der Waals surface area contributed by atoms with Gasteiger partial charge in [-0.15, -0.1) is 19.0 Å². The molecule has 0 radical (unpaired) electrons. The fraction of sp³-hybridized carbons (Fsp3) is 0.333. The SMILES string of the molecule is C=C(C)C[C@H](N)c1cc(C)cc(F)c1O.Cl. The van der Waals surface area contributed by atoms with E-state index in [2.05, 4.69) is 6.58 Å². The van der Waals surface area contributed by atoms with E-state index in [-0.39, 0.29) is 18.2 Å². The average Bonchev–Trinajstić information content (AvgIpc) is 2.09. The lowest BCUT2D eigenvalue weighted by molar-refractivity contribution is 0.420. The molecule has 0 amide bonds. The molecular formula is C12H17ClFNO. The van der Waals surface area contributed by atoms with Crippen molar-refractivity contribution in [1.82, 2.24) is 0 Å². The number of aromatic hydroxyl groups is 1. The number of aryl methyl sites for hydroxylation is 1. The second kappa shape index (κ2) is 5.87. The summed E-state index contributed by atoms with van der Waals surface area (Å²) in [6.45, 7) is 7.35. The summed E-state index contributed by atoms with van der Waals surface area (Å²) in [5.74, 6) is -0.975. The van der Waals surface area contributed by atoms with Gasteiger partial charge in [-0.1, -0.05) is 11.6 Å². The number of rotatable bonds is 3. The second-order valence-electron chi connectivity index (χ2n) is 3.95. The Morgan fingerprint density at radius 1 is 1.56 bits per heavy atom. The third-order valence-electron chi connectivity index (χ3n) is 2.21. The van der Waals surface area contributed by atoms with Crippen LogP contribution in [0.2, 0.25) is 0 Å². The molecule has 0 bridgehead atoms. The maximum absolute atomic E-state index is 13.2. The molecule has 0 aliphatic carbocycles. The Hall–Kier alpha value is -1.06. The third kappa shape index (κ3) is 3.51. The Morgan fingerprint density at radius 2 is 2.12 bits per heavy atom. The van der Waals surface area contributed by atoms with Crippen molar-refractivity contribution >= 4 is 12.4 Å². The Morgan fingerprint density at radius 3 is 2.62 bits per heavy atom. The van der Waals surface area contributed by atoms with Crippen LogP contribution in [0, 0.1) is 12.7 Å². The van der Waals surface area contributed by atoms with Gasteiger partial charge in [-0.2, -0.15) is 0 Å². The van der Waals surface area contributed by atoms with Crippen molar-refractivity contribution in [3.05, 3.63) is 41.2 Å². The quantitative estimate of drug-likeness (QED) is 0.804. The van der Waals surface area contributed by atoms with E-state index in [9.17, 15) is 9.50 Å². The van der Waals surface area contributed by atoms with Gasteiger partial charge in [0.05, 0.1) is 0 Å². The Kier molecular flexibility index (Phi) is 5.48.